The highest BCUT2D eigenvalue weighted by Crippen LogP contribution is 2.29. The lowest BCUT2D eigenvalue weighted by Crippen LogP contribution is -2.22. The number of ether oxygens (including phenoxy) is 2. The Morgan fingerprint density at radius 1 is 1.37 bits per heavy atom. The van der Waals surface area contributed by atoms with E-state index in [0.29, 0.717) is 6.79 Å². The van der Waals surface area contributed by atoms with Crippen molar-refractivity contribution < 1.29 is 9.47 Å². The molecule has 0 spiro atoms. The molecule has 0 heterocycles. The fourth-order valence-electron chi connectivity index (χ4n) is 2.04. The van der Waals surface area contributed by atoms with Crippen molar-refractivity contribution in [2.45, 2.75) is 45.6 Å². The van der Waals surface area contributed by atoms with Crippen LogP contribution in [0.1, 0.15) is 37.3 Å². The van der Waals surface area contributed by atoms with E-state index in [1.54, 1.807) is 0 Å². The summed E-state index contributed by atoms with van der Waals surface area (Å²) >= 11 is 0. The molecule has 106 valence electrons. The van der Waals surface area contributed by atoms with E-state index in [1.807, 2.05) is 6.07 Å². The van der Waals surface area contributed by atoms with Gasteiger partial charge in [-0.15, -0.1) is 0 Å². The predicted molar refractivity (Wildman–Crippen MR) is 77.3 cm³/mol. The van der Waals surface area contributed by atoms with Crippen LogP contribution in [-0.4, -0.2) is 19.4 Å². The number of nitrogens with two attached hydrogens (primary N) is 1. The average Bonchev–Trinajstić information content (AvgIpc) is 3.20. The lowest BCUT2D eigenvalue weighted by Gasteiger charge is -2.15. The molecule has 1 fully saturated rings. The van der Waals surface area contributed by atoms with E-state index < -0.39 is 0 Å². The minimum atomic E-state index is 0.191. The van der Waals surface area contributed by atoms with E-state index >= 15 is 0 Å². The first-order chi connectivity index (χ1) is 9.19. The third-order valence-corrected chi connectivity index (χ3v) is 3.57. The van der Waals surface area contributed by atoms with Crippen LogP contribution in [0, 0.1) is 12.8 Å². The SMILES string of the molecule is CCC(N)Cc1cc(C)ccc1OCOCC1CC1. The topological polar surface area (TPSA) is 44.5 Å². The zero-order chi connectivity index (χ0) is 13.7. The Balaban J connectivity index is 1.88. The lowest BCUT2D eigenvalue weighted by molar-refractivity contribution is 0.00942. The Labute approximate surface area is 116 Å². The van der Waals surface area contributed by atoms with Crippen LogP contribution in [0.4, 0.5) is 0 Å². The van der Waals surface area contributed by atoms with Gasteiger partial charge in [-0.25, -0.2) is 0 Å². The van der Waals surface area contributed by atoms with Crippen molar-refractivity contribution >= 4 is 0 Å². The predicted octanol–water partition coefficient (Wildman–Crippen LogP) is 3.04. The van der Waals surface area contributed by atoms with Gasteiger partial charge < -0.3 is 15.2 Å². The van der Waals surface area contributed by atoms with E-state index in [-0.39, 0.29) is 6.04 Å². The van der Waals surface area contributed by atoms with Gasteiger partial charge in [0.2, 0.25) is 0 Å². The Bertz CT molecular complexity index is 402. The molecule has 2 N–H and O–H groups in total. The van der Waals surface area contributed by atoms with Gasteiger partial charge >= 0.3 is 0 Å². The normalized spacial score (nSPS) is 16.4. The number of hydrogen-bond donors (Lipinski definition) is 1. The van der Waals surface area contributed by atoms with E-state index in [0.717, 1.165) is 31.1 Å². The van der Waals surface area contributed by atoms with E-state index in [9.17, 15) is 0 Å². The second kappa shape index (κ2) is 6.92. The first kappa shape index (κ1) is 14.4. The minimum absolute atomic E-state index is 0.191. The number of rotatable bonds is 8. The highest BCUT2D eigenvalue weighted by atomic mass is 16.7. The van der Waals surface area contributed by atoms with Crippen molar-refractivity contribution in [3.8, 4) is 5.75 Å². The van der Waals surface area contributed by atoms with Crippen LogP contribution in [0.2, 0.25) is 0 Å². The zero-order valence-electron chi connectivity index (χ0n) is 12.0. The first-order valence-electron chi connectivity index (χ1n) is 7.24. The lowest BCUT2D eigenvalue weighted by atomic mass is 10.0. The first-order valence-corrected chi connectivity index (χ1v) is 7.24. The quantitative estimate of drug-likeness (QED) is 0.579. The summed E-state index contributed by atoms with van der Waals surface area (Å²) in [4.78, 5) is 0. The van der Waals surface area contributed by atoms with Gasteiger partial charge in [0.1, 0.15) is 5.75 Å². The summed E-state index contributed by atoms with van der Waals surface area (Å²) in [7, 11) is 0. The molecule has 3 heteroatoms. The summed E-state index contributed by atoms with van der Waals surface area (Å²) in [6, 6.07) is 6.44. The number of hydrogen-bond acceptors (Lipinski definition) is 3. The highest BCUT2D eigenvalue weighted by molar-refractivity contribution is 5.37. The van der Waals surface area contributed by atoms with E-state index in [4.69, 9.17) is 15.2 Å². The summed E-state index contributed by atoms with van der Waals surface area (Å²) in [5.41, 5.74) is 8.46. The Morgan fingerprint density at radius 2 is 2.16 bits per heavy atom. The molecule has 0 bridgehead atoms. The van der Waals surface area contributed by atoms with Crippen molar-refractivity contribution in [2.24, 2.45) is 11.7 Å². The van der Waals surface area contributed by atoms with Gasteiger partial charge in [-0.2, -0.15) is 0 Å². The van der Waals surface area contributed by atoms with Crippen LogP contribution in [-0.2, 0) is 11.2 Å². The summed E-state index contributed by atoms with van der Waals surface area (Å²) in [5, 5.41) is 0. The van der Waals surface area contributed by atoms with Crippen molar-refractivity contribution in [3.63, 3.8) is 0 Å². The monoisotopic (exact) mass is 263 g/mol. The third-order valence-electron chi connectivity index (χ3n) is 3.57. The van der Waals surface area contributed by atoms with E-state index in [2.05, 4.69) is 26.0 Å². The molecule has 1 aliphatic rings. The van der Waals surface area contributed by atoms with Crippen LogP contribution in [0.3, 0.4) is 0 Å². The molecule has 1 unspecified atom stereocenters. The molecule has 1 aromatic carbocycles. The van der Waals surface area contributed by atoms with Crippen LogP contribution in [0.15, 0.2) is 18.2 Å². The highest BCUT2D eigenvalue weighted by Gasteiger charge is 2.21. The van der Waals surface area contributed by atoms with Gasteiger partial charge in [0.25, 0.3) is 0 Å². The minimum Gasteiger partial charge on any atom is -0.467 e. The molecule has 0 amide bonds. The van der Waals surface area contributed by atoms with Crippen molar-refractivity contribution in [2.75, 3.05) is 13.4 Å². The Hall–Kier alpha value is -1.06. The standard InChI is InChI=1S/C16H25NO2/c1-3-15(17)9-14-8-12(2)4-7-16(14)19-11-18-10-13-5-6-13/h4,7-8,13,15H,3,5-6,9-11,17H2,1-2H3. The molecular formula is C16H25NO2. The smallest absolute Gasteiger partial charge is 0.189 e. The largest absolute Gasteiger partial charge is 0.467 e. The molecule has 1 saturated carbocycles. The van der Waals surface area contributed by atoms with Crippen LogP contribution < -0.4 is 10.5 Å². The van der Waals surface area contributed by atoms with Crippen LogP contribution in [0.25, 0.3) is 0 Å². The molecule has 1 atom stereocenters. The molecule has 2 rings (SSSR count). The summed E-state index contributed by atoms with van der Waals surface area (Å²) < 4.78 is 11.3. The second-order valence-corrected chi connectivity index (χ2v) is 5.56. The Morgan fingerprint density at radius 3 is 2.84 bits per heavy atom. The third kappa shape index (κ3) is 4.84. The van der Waals surface area contributed by atoms with Crippen molar-refractivity contribution in [1.82, 2.24) is 0 Å². The van der Waals surface area contributed by atoms with Crippen molar-refractivity contribution in [3.05, 3.63) is 29.3 Å². The van der Waals surface area contributed by atoms with E-state index in [1.165, 1.54) is 24.0 Å². The fraction of sp³-hybridized carbons (Fsp3) is 0.625. The molecule has 19 heavy (non-hydrogen) atoms. The second-order valence-electron chi connectivity index (χ2n) is 5.56. The fourth-order valence-corrected chi connectivity index (χ4v) is 2.04. The average molecular weight is 263 g/mol. The molecule has 1 aromatic rings. The molecular weight excluding hydrogens is 238 g/mol. The van der Waals surface area contributed by atoms with Gasteiger partial charge in [0.15, 0.2) is 6.79 Å². The maximum absolute atomic E-state index is 6.04. The summed E-state index contributed by atoms with van der Waals surface area (Å²) in [6.45, 7) is 5.37. The number of aryl methyl sites for hydroxylation is 1. The van der Waals surface area contributed by atoms with Crippen LogP contribution >= 0.6 is 0 Å². The number of benzene rings is 1. The Kier molecular flexibility index (Phi) is 5.23. The van der Waals surface area contributed by atoms with Gasteiger partial charge in [-0.05, 0) is 50.2 Å². The van der Waals surface area contributed by atoms with Gasteiger partial charge in [0, 0.05) is 6.04 Å². The molecule has 0 aliphatic heterocycles. The maximum Gasteiger partial charge on any atom is 0.189 e. The molecule has 0 radical (unpaired) electrons. The maximum atomic E-state index is 6.04. The van der Waals surface area contributed by atoms with Crippen LogP contribution in [0.5, 0.6) is 5.75 Å². The zero-order valence-corrected chi connectivity index (χ0v) is 12.0. The molecule has 0 saturated heterocycles. The summed E-state index contributed by atoms with van der Waals surface area (Å²) in [5.74, 6) is 1.68. The van der Waals surface area contributed by atoms with Gasteiger partial charge in [-0.1, -0.05) is 24.6 Å². The van der Waals surface area contributed by atoms with Gasteiger partial charge in [-0.3, -0.25) is 0 Å². The summed E-state index contributed by atoms with van der Waals surface area (Å²) in [6.07, 6.45) is 4.45. The molecule has 1 aliphatic carbocycles. The van der Waals surface area contributed by atoms with Crippen molar-refractivity contribution in [1.29, 1.82) is 0 Å². The van der Waals surface area contributed by atoms with Gasteiger partial charge in [0.05, 0.1) is 6.61 Å². The molecule has 3 nitrogen and oxygen atoms in total. The molecule has 0 aromatic heterocycles.